The van der Waals surface area contributed by atoms with Gasteiger partial charge in [-0.1, -0.05) is 0 Å². The summed E-state index contributed by atoms with van der Waals surface area (Å²) < 4.78 is 25.9. The fourth-order valence-electron chi connectivity index (χ4n) is 2.02. The Kier molecular flexibility index (Phi) is 4.16. The number of aromatic nitrogens is 2. The van der Waals surface area contributed by atoms with Gasteiger partial charge in [-0.2, -0.15) is 0 Å². The fourth-order valence-corrected chi connectivity index (χ4v) is 2.74. The molecule has 3 aromatic rings. The molecular formula is C15H11F2N3O2S. The number of carbonyl (C=O) groups is 1. The summed E-state index contributed by atoms with van der Waals surface area (Å²) in [5.74, 6) is -2.12. The molecule has 118 valence electrons. The van der Waals surface area contributed by atoms with E-state index in [0.717, 1.165) is 23.9 Å². The van der Waals surface area contributed by atoms with Gasteiger partial charge in [0.05, 0.1) is 16.8 Å². The molecule has 0 saturated heterocycles. The molecule has 1 heterocycles. The van der Waals surface area contributed by atoms with E-state index in [2.05, 4.69) is 15.3 Å². The predicted molar refractivity (Wildman–Crippen MR) is 84.6 cm³/mol. The zero-order valence-corrected chi connectivity index (χ0v) is 12.5. The molecule has 0 aliphatic carbocycles. The molecule has 23 heavy (non-hydrogen) atoms. The van der Waals surface area contributed by atoms with Gasteiger partial charge in [-0.15, -0.1) is 11.8 Å². The lowest BCUT2D eigenvalue weighted by Crippen LogP contribution is -2.13. The Labute approximate surface area is 133 Å². The van der Waals surface area contributed by atoms with Gasteiger partial charge < -0.3 is 15.3 Å². The maximum absolute atomic E-state index is 13.1. The molecule has 8 heteroatoms. The SMILES string of the molecule is O=C(CSc1ccc(F)c(F)c1)Nc1ccc2[nH]c(=O)[nH]c2c1. The van der Waals surface area contributed by atoms with Crippen LogP contribution in [0.25, 0.3) is 11.0 Å². The minimum absolute atomic E-state index is 0.0484. The minimum Gasteiger partial charge on any atom is -0.325 e. The number of imidazole rings is 1. The second-order valence-corrected chi connectivity index (χ2v) is 5.80. The van der Waals surface area contributed by atoms with E-state index in [-0.39, 0.29) is 17.3 Å². The smallest absolute Gasteiger partial charge is 0.323 e. The molecule has 0 saturated carbocycles. The number of H-pyrrole nitrogens is 2. The van der Waals surface area contributed by atoms with E-state index in [9.17, 15) is 18.4 Å². The van der Waals surface area contributed by atoms with Gasteiger partial charge in [-0.3, -0.25) is 4.79 Å². The lowest BCUT2D eigenvalue weighted by molar-refractivity contribution is -0.113. The van der Waals surface area contributed by atoms with E-state index in [1.54, 1.807) is 18.2 Å². The Morgan fingerprint density at radius 2 is 1.83 bits per heavy atom. The highest BCUT2D eigenvalue weighted by Crippen LogP contribution is 2.21. The molecule has 0 atom stereocenters. The molecule has 0 bridgehead atoms. The number of carbonyl (C=O) groups excluding carboxylic acids is 1. The van der Waals surface area contributed by atoms with Crippen LogP contribution in [0.1, 0.15) is 0 Å². The van der Waals surface area contributed by atoms with E-state index in [0.29, 0.717) is 21.6 Å². The van der Waals surface area contributed by atoms with Gasteiger partial charge in [0, 0.05) is 10.6 Å². The van der Waals surface area contributed by atoms with Gasteiger partial charge in [-0.25, -0.2) is 13.6 Å². The maximum atomic E-state index is 13.1. The van der Waals surface area contributed by atoms with E-state index in [1.807, 2.05) is 0 Å². The van der Waals surface area contributed by atoms with Crippen LogP contribution in [-0.4, -0.2) is 21.6 Å². The standard InChI is InChI=1S/C15H11F2N3O2S/c16-10-3-2-9(6-11(10)17)23-7-14(21)18-8-1-4-12-13(5-8)20-15(22)19-12/h1-6H,7H2,(H,18,21)(H2,19,20,22). The molecule has 0 unspecified atom stereocenters. The molecule has 0 radical (unpaired) electrons. The summed E-state index contributed by atoms with van der Waals surface area (Å²) in [6.07, 6.45) is 0. The number of aromatic amines is 2. The van der Waals surface area contributed by atoms with Crippen LogP contribution in [0.4, 0.5) is 14.5 Å². The van der Waals surface area contributed by atoms with E-state index in [1.165, 1.54) is 6.07 Å². The van der Waals surface area contributed by atoms with Gasteiger partial charge in [0.15, 0.2) is 11.6 Å². The number of hydrogen-bond donors (Lipinski definition) is 3. The van der Waals surface area contributed by atoms with Crippen molar-refractivity contribution in [1.82, 2.24) is 9.97 Å². The molecule has 1 aromatic heterocycles. The number of anilines is 1. The highest BCUT2D eigenvalue weighted by Gasteiger charge is 2.07. The summed E-state index contributed by atoms with van der Waals surface area (Å²) in [7, 11) is 0. The lowest BCUT2D eigenvalue weighted by Gasteiger charge is -2.05. The topological polar surface area (TPSA) is 77.8 Å². The Morgan fingerprint density at radius 3 is 2.61 bits per heavy atom. The first-order valence-corrected chi connectivity index (χ1v) is 7.59. The number of rotatable bonds is 4. The van der Waals surface area contributed by atoms with Crippen molar-refractivity contribution < 1.29 is 13.6 Å². The van der Waals surface area contributed by atoms with Gasteiger partial charge in [0.1, 0.15) is 0 Å². The van der Waals surface area contributed by atoms with E-state index >= 15 is 0 Å². The van der Waals surface area contributed by atoms with Crippen molar-refractivity contribution in [2.24, 2.45) is 0 Å². The molecule has 0 spiro atoms. The Morgan fingerprint density at radius 1 is 1.04 bits per heavy atom. The molecule has 0 fully saturated rings. The first-order valence-electron chi connectivity index (χ1n) is 6.61. The predicted octanol–water partition coefficient (Wildman–Crippen LogP) is 2.87. The number of benzene rings is 2. The van der Waals surface area contributed by atoms with Crippen LogP contribution in [0.5, 0.6) is 0 Å². The van der Waals surface area contributed by atoms with Crippen LogP contribution in [0.15, 0.2) is 46.1 Å². The van der Waals surface area contributed by atoms with Crippen molar-refractivity contribution in [3.05, 3.63) is 58.5 Å². The molecule has 0 aliphatic rings. The Hall–Kier alpha value is -2.61. The average Bonchev–Trinajstić information content (AvgIpc) is 2.88. The second kappa shape index (κ2) is 6.25. The summed E-state index contributed by atoms with van der Waals surface area (Å²) in [6.45, 7) is 0. The third-order valence-electron chi connectivity index (χ3n) is 3.06. The zero-order valence-electron chi connectivity index (χ0n) is 11.7. The van der Waals surface area contributed by atoms with Crippen molar-refractivity contribution in [3.63, 3.8) is 0 Å². The van der Waals surface area contributed by atoms with Crippen molar-refractivity contribution >= 4 is 34.4 Å². The van der Waals surface area contributed by atoms with Crippen LogP contribution in [0.2, 0.25) is 0 Å². The zero-order chi connectivity index (χ0) is 16.4. The highest BCUT2D eigenvalue weighted by molar-refractivity contribution is 8.00. The van der Waals surface area contributed by atoms with Crippen molar-refractivity contribution in [1.29, 1.82) is 0 Å². The highest BCUT2D eigenvalue weighted by atomic mass is 32.2. The van der Waals surface area contributed by atoms with E-state index in [4.69, 9.17) is 0 Å². The number of nitrogens with one attached hydrogen (secondary N) is 3. The largest absolute Gasteiger partial charge is 0.325 e. The third kappa shape index (κ3) is 3.59. The molecule has 2 aromatic carbocycles. The van der Waals surface area contributed by atoms with Crippen LogP contribution >= 0.6 is 11.8 Å². The van der Waals surface area contributed by atoms with Gasteiger partial charge in [0.2, 0.25) is 5.91 Å². The number of amides is 1. The normalized spacial score (nSPS) is 10.9. The molecular weight excluding hydrogens is 324 g/mol. The number of hydrogen-bond acceptors (Lipinski definition) is 3. The quantitative estimate of drug-likeness (QED) is 0.642. The summed E-state index contributed by atoms with van der Waals surface area (Å²) in [5.41, 5.74) is 1.44. The first kappa shape index (κ1) is 15.3. The van der Waals surface area contributed by atoms with E-state index < -0.39 is 11.6 Å². The molecule has 3 rings (SSSR count). The summed E-state index contributed by atoms with van der Waals surface area (Å²) in [5, 5.41) is 2.68. The number of halogens is 2. The molecule has 0 aliphatic heterocycles. The Bertz CT molecular complexity index is 936. The van der Waals surface area contributed by atoms with Crippen molar-refractivity contribution in [2.45, 2.75) is 4.90 Å². The average molecular weight is 335 g/mol. The third-order valence-corrected chi connectivity index (χ3v) is 4.05. The van der Waals surface area contributed by atoms with Crippen LogP contribution < -0.4 is 11.0 Å². The summed E-state index contributed by atoms with van der Waals surface area (Å²) in [6, 6.07) is 8.44. The minimum atomic E-state index is -0.947. The summed E-state index contributed by atoms with van der Waals surface area (Å²) >= 11 is 1.10. The van der Waals surface area contributed by atoms with Crippen LogP contribution in [-0.2, 0) is 4.79 Å². The van der Waals surface area contributed by atoms with Gasteiger partial charge in [0.25, 0.3) is 0 Å². The monoisotopic (exact) mass is 335 g/mol. The van der Waals surface area contributed by atoms with Crippen LogP contribution in [0, 0.1) is 11.6 Å². The second-order valence-electron chi connectivity index (χ2n) is 4.75. The molecule has 3 N–H and O–H groups in total. The number of fused-ring (bicyclic) bond motifs is 1. The number of thioether (sulfide) groups is 1. The molecule has 1 amide bonds. The molecule has 5 nitrogen and oxygen atoms in total. The van der Waals surface area contributed by atoms with Crippen LogP contribution in [0.3, 0.4) is 0 Å². The van der Waals surface area contributed by atoms with Crippen molar-refractivity contribution in [3.8, 4) is 0 Å². The van der Waals surface area contributed by atoms with Gasteiger partial charge in [-0.05, 0) is 36.4 Å². The Balaban J connectivity index is 1.63. The first-order chi connectivity index (χ1) is 11.0. The lowest BCUT2D eigenvalue weighted by atomic mass is 10.3. The van der Waals surface area contributed by atoms with Gasteiger partial charge >= 0.3 is 5.69 Å². The van der Waals surface area contributed by atoms with Crippen molar-refractivity contribution in [2.75, 3.05) is 11.1 Å². The summed E-state index contributed by atoms with van der Waals surface area (Å²) in [4.78, 5) is 28.7. The maximum Gasteiger partial charge on any atom is 0.323 e. The fraction of sp³-hybridized carbons (Fsp3) is 0.0667.